The second-order valence-corrected chi connectivity index (χ2v) is 4.63. The summed E-state index contributed by atoms with van der Waals surface area (Å²) in [5.74, 6) is 0. The molecule has 0 amide bonds. The number of thiocarbonyl (C=S) groups is 1. The minimum Gasteiger partial charge on any atom is -0.362 e. The summed E-state index contributed by atoms with van der Waals surface area (Å²) in [4.78, 5) is 2.06. The fourth-order valence-electron chi connectivity index (χ4n) is 1.85. The first kappa shape index (κ1) is 13.6. The lowest BCUT2D eigenvalue weighted by Gasteiger charge is -2.26. The molecule has 3 heteroatoms. The molecule has 0 aliphatic rings. The van der Waals surface area contributed by atoms with Crippen LogP contribution in [0.5, 0.6) is 0 Å². The topological polar surface area (TPSA) is 15.3 Å². The molecule has 0 bridgehead atoms. The standard InChI is InChI=1S/C16H18N2S/c1-2-13-17-16(19)18(14-9-5-3-6-10-14)15-11-7-4-8-12-15/h3-12H,2,13H2,1H3,(H,17,19). The second-order valence-electron chi connectivity index (χ2n) is 4.24. The van der Waals surface area contributed by atoms with Crippen molar-refractivity contribution in [3.63, 3.8) is 0 Å². The molecule has 2 aromatic carbocycles. The smallest absolute Gasteiger partial charge is 0.178 e. The Morgan fingerprint density at radius 2 is 1.42 bits per heavy atom. The van der Waals surface area contributed by atoms with Crippen molar-refractivity contribution in [3.05, 3.63) is 60.7 Å². The number of nitrogens with zero attached hydrogens (tertiary/aromatic N) is 1. The predicted octanol–water partition coefficient (Wildman–Crippen LogP) is 4.11. The number of para-hydroxylation sites is 2. The highest BCUT2D eigenvalue weighted by Crippen LogP contribution is 2.24. The van der Waals surface area contributed by atoms with Crippen molar-refractivity contribution in [2.45, 2.75) is 13.3 Å². The first-order valence-corrected chi connectivity index (χ1v) is 6.92. The van der Waals surface area contributed by atoms with E-state index < -0.39 is 0 Å². The highest BCUT2D eigenvalue weighted by molar-refractivity contribution is 7.80. The minimum absolute atomic E-state index is 0.735. The summed E-state index contributed by atoms with van der Waals surface area (Å²) in [5.41, 5.74) is 2.14. The zero-order valence-electron chi connectivity index (χ0n) is 11.0. The SMILES string of the molecule is CCCNC(=S)N(c1ccccc1)c1ccccc1. The maximum absolute atomic E-state index is 5.52. The number of nitrogens with one attached hydrogen (secondary N) is 1. The Bertz CT molecular complexity index is 471. The third kappa shape index (κ3) is 3.55. The third-order valence-corrected chi connectivity index (χ3v) is 3.09. The van der Waals surface area contributed by atoms with Gasteiger partial charge in [-0.3, -0.25) is 4.90 Å². The molecule has 19 heavy (non-hydrogen) atoms. The van der Waals surface area contributed by atoms with Crippen molar-refractivity contribution in [2.75, 3.05) is 11.4 Å². The largest absolute Gasteiger partial charge is 0.362 e. The van der Waals surface area contributed by atoms with Crippen LogP contribution in [0.3, 0.4) is 0 Å². The number of hydrogen-bond acceptors (Lipinski definition) is 1. The van der Waals surface area contributed by atoms with Gasteiger partial charge in [0.05, 0.1) is 0 Å². The molecule has 2 rings (SSSR count). The van der Waals surface area contributed by atoms with Gasteiger partial charge in [0.25, 0.3) is 0 Å². The molecule has 0 unspecified atom stereocenters. The van der Waals surface area contributed by atoms with Crippen molar-refractivity contribution in [3.8, 4) is 0 Å². The first-order chi connectivity index (χ1) is 9.33. The van der Waals surface area contributed by atoms with Crippen molar-refractivity contribution < 1.29 is 0 Å². The molecule has 0 aliphatic carbocycles. The van der Waals surface area contributed by atoms with E-state index in [0.717, 1.165) is 29.5 Å². The Labute approximate surface area is 120 Å². The molecule has 98 valence electrons. The van der Waals surface area contributed by atoms with Crippen LogP contribution in [-0.4, -0.2) is 11.7 Å². The van der Waals surface area contributed by atoms with E-state index in [2.05, 4.69) is 41.4 Å². The van der Waals surface area contributed by atoms with E-state index in [9.17, 15) is 0 Å². The molecule has 2 aromatic rings. The van der Waals surface area contributed by atoms with Crippen molar-refractivity contribution in [1.82, 2.24) is 5.32 Å². The van der Waals surface area contributed by atoms with Crippen LogP contribution in [0.1, 0.15) is 13.3 Å². The van der Waals surface area contributed by atoms with Gasteiger partial charge < -0.3 is 5.32 Å². The van der Waals surface area contributed by atoms with E-state index >= 15 is 0 Å². The first-order valence-electron chi connectivity index (χ1n) is 6.51. The van der Waals surface area contributed by atoms with Crippen LogP contribution in [0.4, 0.5) is 11.4 Å². The molecule has 0 saturated carbocycles. The summed E-state index contributed by atoms with van der Waals surface area (Å²) in [6, 6.07) is 20.4. The lowest BCUT2D eigenvalue weighted by atomic mass is 10.2. The lowest BCUT2D eigenvalue weighted by molar-refractivity contribution is 0.840. The summed E-state index contributed by atoms with van der Waals surface area (Å²) in [5, 5.41) is 4.02. The normalized spacial score (nSPS) is 9.95. The van der Waals surface area contributed by atoms with Crippen LogP contribution >= 0.6 is 12.2 Å². The number of rotatable bonds is 4. The number of benzene rings is 2. The fourth-order valence-corrected chi connectivity index (χ4v) is 2.16. The van der Waals surface area contributed by atoms with E-state index in [4.69, 9.17) is 12.2 Å². The van der Waals surface area contributed by atoms with E-state index in [-0.39, 0.29) is 0 Å². The maximum Gasteiger partial charge on any atom is 0.178 e. The van der Waals surface area contributed by atoms with Gasteiger partial charge in [-0.2, -0.15) is 0 Å². The highest BCUT2D eigenvalue weighted by Gasteiger charge is 2.13. The second kappa shape index (κ2) is 6.90. The monoisotopic (exact) mass is 270 g/mol. The van der Waals surface area contributed by atoms with Gasteiger partial charge in [0.2, 0.25) is 0 Å². The Balaban J connectivity index is 2.31. The predicted molar refractivity (Wildman–Crippen MR) is 85.9 cm³/mol. The van der Waals surface area contributed by atoms with Crippen molar-refractivity contribution in [2.24, 2.45) is 0 Å². The Morgan fingerprint density at radius 1 is 0.947 bits per heavy atom. The van der Waals surface area contributed by atoms with E-state index in [1.807, 2.05) is 36.4 Å². The molecule has 1 N–H and O–H groups in total. The van der Waals surface area contributed by atoms with Crippen molar-refractivity contribution >= 4 is 28.7 Å². The van der Waals surface area contributed by atoms with Gasteiger partial charge in [-0.25, -0.2) is 0 Å². The van der Waals surface area contributed by atoms with Gasteiger partial charge >= 0.3 is 0 Å². The Kier molecular flexibility index (Phi) is 4.93. The molecule has 2 nitrogen and oxygen atoms in total. The average Bonchev–Trinajstić information content (AvgIpc) is 2.47. The molecular weight excluding hydrogens is 252 g/mol. The zero-order chi connectivity index (χ0) is 13.5. The molecule has 0 aliphatic heterocycles. The highest BCUT2D eigenvalue weighted by atomic mass is 32.1. The molecule has 0 saturated heterocycles. The van der Waals surface area contributed by atoms with Crippen LogP contribution in [0.2, 0.25) is 0 Å². The van der Waals surface area contributed by atoms with E-state index in [0.29, 0.717) is 0 Å². The van der Waals surface area contributed by atoms with E-state index in [1.54, 1.807) is 0 Å². The van der Waals surface area contributed by atoms with Gasteiger partial charge in [0, 0.05) is 17.9 Å². The third-order valence-electron chi connectivity index (χ3n) is 2.76. The average molecular weight is 270 g/mol. The van der Waals surface area contributed by atoms with Crippen LogP contribution in [-0.2, 0) is 0 Å². The van der Waals surface area contributed by atoms with Crippen molar-refractivity contribution in [1.29, 1.82) is 0 Å². The quantitative estimate of drug-likeness (QED) is 0.842. The van der Waals surface area contributed by atoms with Gasteiger partial charge in [0.15, 0.2) is 5.11 Å². The molecule has 0 atom stereocenters. The summed E-state index contributed by atoms with van der Waals surface area (Å²) in [6.07, 6.45) is 1.05. The minimum atomic E-state index is 0.735. The summed E-state index contributed by atoms with van der Waals surface area (Å²) in [6.45, 7) is 3.01. The van der Waals surface area contributed by atoms with E-state index in [1.165, 1.54) is 0 Å². The molecule has 0 aromatic heterocycles. The lowest BCUT2D eigenvalue weighted by Crippen LogP contribution is -2.36. The van der Waals surface area contributed by atoms with Gasteiger partial charge in [-0.15, -0.1) is 0 Å². The Hall–Kier alpha value is -1.87. The van der Waals surface area contributed by atoms with Crippen LogP contribution < -0.4 is 10.2 Å². The van der Waals surface area contributed by atoms with Gasteiger partial charge in [-0.1, -0.05) is 43.3 Å². The molecule has 0 heterocycles. The van der Waals surface area contributed by atoms with Crippen LogP contribution in [0, 0.1) is 0 Å². The van der Waals surface area contributed by atoms with Gasteiger partial charge in [-0.05, 0) is 42.9 Å². The van der Waals surface area contributed by atoms with Crippen LogP contribution in [0.25, 0.3) is 0 Å². The van der Waals surface area contributed by atoms with Crippen LogP contribution in [0.15, 0.2) is 60.7 Å². The molecule has 0 radical (unpaired) electrons. The summed E-state index contributed by atoms with van der Waals surface area (Å²) < 4.78 is 0. The van der Waals surface area contributed by atoms with Gasteiger partial charge in [0.1, 0.15) is 0 Å². The maximum atomic E-state index is 5.52. The number of anilines is 2. The molecule has 0 fully saturated rings. The summed E-state index contributed by atoms with van der Waals surface area (Å²) in [7, 11) is 0. The Morgan fingerprint density at radius 3 is 1.84 bits per heavy atom. The fraction of sp³-hybridized carbons (Fsp3) is 0.188. The summed E-state index contributed by atoms with van der Waals surface area (Å²) >= 11 is 5.52. The molecule has 0 spiro atoms. The zero-order valence-corrected chi connectivity index (χ0v) is 11.9. The number of hydrogen-bond donors (Lipinski definition) is 1. The molecular formula is C16H18N2S.